The minimum absolute atomic E-state index is 0.104. The van der Waals surface area contributed by atoms with Gasteiger partial charge in [-0.05, 0) is 29.8 Å². The van der Waals surface area contributed by atoms with Crippen LogP contribution in [0.5, 0.6) is 5.75 Å². The average molecular weight is 351 g/mol. The van der Waals surface area contributed by atoms with Crippen molar-refractivity contribution in [1.29, 1.82) is 0 Å². The van der Waals surface area contributed by atoms with Crippen molar-refractivity contribution in [3.8, 4) is 5.75 Å². The second-order valence-electron chi connectivity index (χ2n) is 6.28. The standard InChI is InChI=1S/C20H21N3O3/c1-25-15-8-6-14(7-9-15)12-17-20(24)23(19-13-21-10-11-26-19)18-5-3-2-4-16(18)22-17/h2-9,19,21H,10-13H2,1H3. The molecular weight excluding hydrogens is 330 g/mol. The van der Waals surface area contributed by atoms with Gasteiger partial charge in [-0.15, -0.1) is 0 Å². The summed E-state index contributed by atoms with van der Waals surface area (Å²) in [5.41, 5.74) is 3.02. The number of methoxy groups -OCH3 is 1. The van der Waals surface area contributed by atoms with Crippen molar-refractivity contribution in [2.24, 2.45) is 0 Å². The molecule has 1 N–H and O–H groups in total. The Balaban J connectivity index is 1.79. The fraction of sp³-hybridized carbons (Fsp3) is 0.300. The first-order chi connectivity index (χ1) is 12.8. The highest BCUT2D eigenvalue weighted by atomic mass is 16.5. The van der Waals surface area contributed by atoms with E-state index >= 15 is 0 Å². The van der Waals surface area contributed by atoms with Gasteiger partial charge in [0.2, 0.25) is 0 Å². The van der Waals surface area contributed by atoms with Gasteiger partial charge >= 0.3 is 0 Å². The molecule has 0 radical (unpaired) electrons. The SMILES string of the molecule is COc1ccc(Cc2nc3ccccc3n(C3CNCCO3)c2=O)cc1. The largest absolute Gasteiger partial charge is 0.497 e. The Morgan fingerprint density at radius 1 is 1.23 bits per heavy atom. The van der Waals surface area contributed by atoms with Gasteiger partial charge in [0.05, 0.1) is 24.8 Å². The molecule has 6 heteroatoms. The lowest BCUT2D eigenvalue weighted by Gasteiger charge is -2.27. The normalized spacial score (nSPS) is 17.3. The van der Waals surface area contributed by atoms with Crippen molar-refractivity contribution in [3.05, 3.63) is 70.1 Å². The van der Waals surface area contributed by atoms with Gasteiger partial charge in [0, 0.05) is 19.5 Å². The van der Waals surface area contributed by atoms with E-state index in [1.807, 2.05) is 48.5 Å². The molecule has 2 heterocycles. The predicted molar refractivity (Wildman–Crippen MR) is 99.7 cm³/mol. The molecule has 0 amide bonds. The van der Waals surface area contributed by atoms with Crippen LogP contribution in [-0.4, -0.2) is 36.4 Å². The number of nitrogens with zero attached hydrogens (tertiary/aromatic N) is 2. The number of nitrogens with one attached hydrogen (secondary N) is 1. The van der Waals surface area contributed by atoms with Crippen LogP contribution in [0.25, 0.3) is 11.0 Å². The van der Waals surface area contributed by atoms with Gasteiger partial charge in [0.1, 0.15) is 17.7 Å². The first-order valence-electron chi connectivity index (χ1n) is 8.71. The highest BCUT2D eigenvalue weighted by Crippen LogP contribution is 2.19. The maximum atomic E-state index is 13.2. The molecule has 1 saturated heterocycles. The zero-order chi connectivity index (χ0) is 17.9. The second-order valence-corrected chi connectivity index (χ2v) is 6.28. The molecule has 1 aromatic heterocycles. The van der Waals surface area contributed by atoms with Crippen LogP contribution in [0.4, 0.5) is 0 Å². The molecular formula is C20H21N3O3. The van der Waals surface area contributed by atoms with Crippen LogP contribution >= 0.6 is 0 Å². The van der Waals surface area contributed by atoms with Crippen LogP contribution in [0.15, 0.2) is 53.3 Å². The summed E-state index contributed by atoms with van der Waals surface area (Å²) in [7, 11) is 1.64. The molecule has 1 unspecified atom stereocenters. The van der Waals surface area contributed by atoms with Gasteiger partial charge in [-0.2, -0.15) is 0 Å². The lowest BCUT2D eigenvalue weighted by atomic mass is 10.1. The number of ether oxygens (including phenoxy) is 2. The molecule has 4 rings (SSSR count). The van der Waals surface area contributed by atoms with Crippen molar-refractivity contribution in [1.82, 2.24) is 14.9 Å². The summed E-state index contributed by atoms with van der Waals surface area (Å²) in [5.74, 6) is 0.791. The van der Waals surface area contributed by atoms with Crippen LogP contribution in [0.2, 0.25) is 0 Å². The lowest BCUT2D eigenvalue weighted by Crippen LogP contribution is -2.41. The summed E-state index contributed by atoms with van der Waals surface area (Å²) in [4.78, 5) is 17.8. The van der Waals surface area contributed by atoms with Gasteiger partial charge in [-0.3, -0.25) is 9.36 Å². The fourth-order valence-corrected chi connectivity index (χ4v) is 3.26. The average Bonchev–Trinajstić information content (AvgIpc) is 2.70. The number of hydrogen-bond acceptors (Lipinski definition) is 5. The number of rotatable bonds is 4. The molecule has 0 spiro atoms. The highest BCUT2D eigenvalue weighted by Gasteiger charge is 2.21. The molecule has 1 aliphatic heterocycles. The minimum atomic E-state index is -0.321. The number of morpholine rings is 1. The molecule has 134 valence electrons. The fourth-order valence-electron chi connectivity index (χ4n) is 3.26. The van der Waals surface area contributed by atoms with Crippen molar-refractivity contribution < 1.29 is 9.47 Å². The van der Waals surface area contributed by atoms with Crippen LogP contribution in [0.3, 0.4) is 0 Å². The molecule has 0 aliphatic carbocycles. The monoisotopic (exact) mass is 351 g/mol. The van der Waals surface area contributed by atoms with Crippen molar-refractivity contribution in [2.45, 2.75) is 12.6 Å². The molecule has 1 aliphatic rings. The molecule has 1 fully saturated rings. The summed E-state index contributed by atoms with van der Waals surface area (Å²) >= 11 is 0. The van der Waals surface area contributed by atoms with E-state index in [2.05, 4.69) is 10.3 Å². The number of hydrogen-bond donors (Lipinski definition) is 1. The van der Waals surface area contributed by atoms with E-state index in [1.165, 1.54) is 0 Å². The van der Waals surface area contributed by atoms with Gasteiger partial charge in [0.25, 0.3) is 5.56 Å². The van der Waals surface area contributed by atoms with Crippen molar-refractivity contribution >= 4 is 11.0 Å². The summed E-state index contributed by atoms with van der Waals surface area (Å²) in [5, 5.41) is 3.29. The Morgan fingerprint density at radius 3 is 2.77 bits per heavy atom. The number of benzene rings is 2. The van der Waals surface area contributed by atoms with Gasteiger partial charge in [-0.1, -0.05) is 24.3 Å². The number of para-hydroxylation sites is 2. The van der Waals surface area contributed by atoms with Crippen molar-refractivity contribution in [3.63, 3.8) is 0 Å². The Hall–Kier alpha value is -2.70. The van der Waals surface area contributed by atoms with E-state index in [-0.39, 0.29) is 11.8 Å². The molecule has 2 aromatic carbocycles. The van der Waals surface area contributed by atoms with Crippen LogP contribution in [0, 0.1) is 0 Å². The van der Waals surface area contributed by atoms with Crippen molar-refractivity contribution in [2.75, 3.05) is 26.8 Å². The Kier molecular flexibility index (Phi) is 4.69. The zero-order valence-corrected chi connectivity index (χ0v) is 14.6. The predicted octanol–water partition coefficient (Wildman–Crippen LogP) is 2.11. The molecule has 0 saturated carbocycles. The summed E-state index contributed by atoms with van der Waals surface area (Å²) in [6, 6.07) is 15.4. The van der Waals surface area contributed by atoms with Crippen LogP contribution < -0.4 is 15.6 Å². The van der Waals surface area contributed by atoms with Gasteiger partial charge < -0.3 is 14.8 Å². The Labute approximate surface area is 151 Å². The highest BCUT2D eigenvalue weighted by molar-refractivity contribution is 5.74. The number of fused-ring (bicyclic) bond motifs is 1. The zero-order valence-electron chi connectivity index (χ0n) is 14.6. The van der Waals surface area contributed by atoms with Crippen LogP contribution in [-0.2, 0) is 11.2 Å². The Bertz CT molecular complexity index is 960. The molecule has 6 nitrogen and oxygen atoms in total. The van der Waals surface area contributed by atoms with E-state index in [0.717, 1.165) is 28.9 Å². The van der Waals surface area contributed by atoms with E-state index in [4.69, 9.17) is 9.47 Å². The summed E-state index contributed by atoms with van der Waals surface area (Å²) < 4.78 is 12.8. The third-order valence-corrected chi connectivity index (χ3v) is 4.59. The third-order valence-electron chi connectivity index (χ3n) is 4.59. The summed E-state index contributed by atoms with van der Waals surface area (Å²) in [6.07, 6.45) is 0.145. The maximum Gasteiger partial charge on any atom is 0.275 e. The van der Waals surface area contributed by atoms with E-state index in [0.29, 0.717) is 25.3 Å². The quantitative estimate of drug-likeness (QED) is 0.780. The topological polar surface area (TPSA) is 65.4 Å². The van der Waals surface area contributed by atoms with Gasteiger partial charge in [-0.25, -0.2) is 4.98 Å². The van der Waals surface area contributed by atoms with E-state index in [1.54, 1.807) is 11.7 Å². The molecule has 0 bridgehead atoms. The lowest BCUT2D eigenvalue weighted by molar-refractivity contribution is -0.0190. The first-order valence-corrected chi connectivity index (χ1v) is 8.71. The summed E-state index contributed by atoms with van der Waals surface area (Å²) in [6.45, 7) is 1.99. The molecule has 26 heavy (non-hydrogen) atoms. The smallest absolute Gasteiger partial charge is 0.275 e. The first kappa shape index (κ1) is 16.8. The molecule has 3 aromatic rings. The van der Waals surface area contributed by atoms with Gasteiger partial charge in [0.15, 0.2) is 0 Å². The van der Waals surface area contributed by atoms with Crippen LogP contribution in [0.1, 0.15) is 17.5 Å². The van der Waals surface area contributed by atoms with E-state index < -0.39 is 0 Å². The molecule has 1 atom stereocenters. The Morgan fingerprint density at radius 2 is 2.04 bits per heavy atom. The number of aromatic nitrogens is 2. The van der Waals surface area contributed by atoms with E-state index in [9.17, 15) is 4.79 Å². The second kappa shape index (κ2) is 7.27. The third kappa shape index (κ3) is 3.21. The maximum absolute atomic E-state index is 13.2. The minimum Gasteiger partial charge on any atom is -0.497 e.